The number of phenols is 1. The number of nitrogens with zero attached hydrogens (tertiary/aromatic N) is 6. The van der Waals surface area contributed by atoms with Crippen molar-refractivity contribution in [2.75, 3.05) is 69.2 Å². The minimum Gasteiger partial charge on any atom is -0.508 e. The Kier molecular flexibility index (Phi) is 12.6. The Morgan fingerprint density at radius 2 is 1.73 bits per heavy atom. The van der Waals surface area contributed by atoms with Crippen LogP contribution in [-0.4, -0.2) is 137 Å². The molecule has 5 heterocycles. The molecule has 4 aliphatic heterocycles. The van der Waals surface area contributed by atoms with Crippen molar-refractivity contribution in [1.82, 2.24) is 30.0 Å². The van der Waals surface area contributed by atoms with Gasteiger partial charge in [-0.25, -0.2) is 4.39 Å². The molecule has 3 saturated heterocycles. The molecule has 0 aliphatic carbocycles. The third kappa shape index (κ3) is 8.73. The highest BCUT2D eigenvalue weighted by Crippen LogP contribution is 2.43. The van der Waals surface area contributed by atoms with Gasteiger partial charge >= 0.3 is 6.01 Å². The third-order valence-electron chi connectivity index (χ3n) is 12.6. The second-order valence-electron chi connectivity index (χ2n) is 16.9. The average molecular weight is 919 g/mol. The molecule has 4 aliphatic rings. The van der Waals surface area contributed by atoms with Crippen molar-refractivity contribution in [2.24, 2.45) is 0 Å². The molecule has 16 nitrogen and oxygen atoms in total. The lowest BCUT2D eigenvalue weighted by atomic mass is 9.96. The number of halogens is 2. The van der Waals surface area contributed by atoms with E-state index >= 15 is 4.39 Å². The highest BCUT2D eigenvalue weighted by molar-refractivity contribution is 6.35. The summed E-state index contributed by atoms with van der Waals surface area (Å²) in [6, 6.07) is 16.0. The molecule has 0 radical (unpaired) electrons. The molecule has 1 aromatic heterocycles. The maximum absolute atomic E-state index is 17.1. The molecule has 0 spiro atoms. The molecule has 5 amide bonds. The van der Waals surface area contributed by atoms with Gasteiger partial charge in [0, 0.05) is 75.4 Å². The number of phenolic OH excluding ortho intramolecular Hbond substituents is 1. The van der Waals surface area contributed by atoms with Gasteiger partial charge in [-0.15, -0.1) is 0 Å². The Labute approximate surface area is 384 Å². The van der Waals surface area contributed by atoms with Crippen LogP contribution in [0.15, 0.2) is 73.3 Å². The Hall–Kier alpha value is -6.69. The van der Waals surface area contributed by atoms with Crippen molar-refractivity contribution < 1.29 is 42.9 Å². The minimum absolute atomic E-state index is 0.00625. The summed E-state index contributed by atoms with van der Waals surface area (Å²) in [4.78, 5) is 79.6. The summed E-state index contributed by atoms with van der Waals surface area (Å²) in [6.07, 6.45) is 2.53. The number of rotatable bonds is 13. The molecule has 3 fully saturated rings. The number of imide groups is 2. The van der Waals surface area contributed by atoms with E-state index in [9.17, 15) is 29.1 Å². The second kappa shape index (κ2) is 18.7. The fourth-order valence-electron chi connectivity index (χ4n) is 9.38. The second-order valence-corrected chi connectivity index (χ2v) is 17.3. The summed E-state index contributed by atoms with van der Waals surface area (Å²) >= 11 is 6.91. The van der Waals surface area contributed by atoms with Gasteiger partial charge in [-0.05, 0) is 78.9 Å². The van der Waals surface area contributed by atoms with Crippen LogP contribution in [0, 0.1) is 5.82 Å². The SMILES string of the molecule is C=CC(=O)N1CCN(c2nc(O[C@H](C)CN3CCC(OCCNc4cccc5c4C(=O)N(C4CCC(=O)NC4=O)C5=O)CC3)nc3c(F)c(-c4cc(O)cc5ccccc45)c(Cl)cc23)CC1. The van der Waals surface area contributed by atoms with Gasteiger partial charge in [-0.3, -0.25) is 39.1 Å². The molecular weight excluding hydrogens is 871 g/mol. The first kappa shape index (κ1) is 44.5. The smallest absolute Gasteiger partial charge is 0.319 e. The largest absolute Gasteiger partial charge is 0.508 e. The predicted molar refractivity (Wildman–Crippen MR) is 245 cm³/mol. The molecular formula is C48H48ClFN8O8. The highest BCUT2D eigenvalue weighted by atomic mass is 35.5. The number of carbonyl (C=O) groups is 5. The van der Waals surface area contributed by atoms with E-state index in [1.165, 1.54) is 12.1 Å². The molecule has 18 heteroatoms. The van der Waals surface area contributed by atoms with Crippen LogP contribution >= 0.6 is 11.6 Å². The van der Waals surface area contributed by atoms with Crippen LogP contribution in [0.5, 0.6) is 11.8 Å². The highest BCUT2D eigenvalue weighted by Gasteiger charge is 2.45. The van der Waals surface area contributed by atoms with Crippen LogP contribution in [0.2, 0.25) is 5.02 Å². The number of piperidine rings is 2. The summed E-state index contributed by atoms with van der Waals surface area (Å²) in [5.41, 5.74) is 1.39. The number of fused-ring (bicyclic) bond motifs is 3. The summed E-state index contributed by atoms with van der Waals surface area (Å²) in [5, 5.41) is 18.0. The van der Waals surface area contributed by atoms with E-state index in [-0.39, 0.29) is 63.8 Å². The van der Waals surface area contributed by atoms with Crippen LogP contribution in [0.1, 0.15) is 53.3 Å². The molecule has 0 bridgehead atoms. The number of hydrogen-bond donors (Lipinski definition) is 3. The summed E-state index contributed by atoms with van der Waals surface area (Å²) in [5.74, 6) is -2.68. The lowest BCUT2D eigenvalue weighted by Gasteiger charge is -2.35. The molecule has 5 aromatic rings. The van der Waals surface area contributed by atoms with Crippen molar-refractivity contribution in [3.63, 3.8) is 0 Å². The van der Waals surface area contributed by atoms with Gasteiger partial charge in [-0.1, -0.05) is 48.5 Å². The number of ether oxygens (including phenoxy) is 2. The Morgan fingerprint density at radius 3 is 2.48 bits per heavy atom. The molecule has 1 unspecified atom stereocenters. The first-order valence-corrected chi connectivity index (χ1v) is 22.4. The third-order valence-corrected chi connectivity index (χ3v) is 12.9. The predicted octanol–water partition coefficient (Wildman–Crippen LogP) is 5.54. The lowest BCUT2D eigenvalue weighted by Crippen LogP contribution is -2.54. The maximum atomic E-state index is 17.1. The standard InChI is InChI=1S/C48H48ClFN8O8/c1-3-39(61)56-18-20-57(21-19-56)44-34-25-35(49)40(33-24-29(59)23-28-7-4-5-8-31(28)33)42(50)43(34)53-48(54-44)66-27(2)26-55-16-13-30(14-17-55)65-22-15-51-36-10-6-9-32-41(36)47(64)58(46(32)63)37-11-12-38(60)52-45(37)62/h3-10,23-25,27,30,37,51,59H,1,11-22,26H2,2H3,(H,52,60,62)/t27-,37?/m1/s1. The molecule has 3 N–H and O–H groups in total. The van der Waals surface area contributed by atoms with Gasteiger partial charge in [-0.2, -0.15) is 9.97 Å². The molecule has 4 aromatic carbocycles. The molecule has 2 atom stereocenters. The number of hydrogen-bond acceptors (Lipinski definition) is 13. The van der Waals surface area contributed by atoms with Crippen molar-refractivity contribution in [2.45, 2.75) is 50.9 Å². The monoisotopic (exact) mass is 918 g/mol. The fourth-order valence-corrected chi connectivity index (χ4v) is 9.68. The average Bonchev–Trinajstić information content (AvgIpc) is 3.56. The van der Waals surface area contributed by atoms with Crippen molar-refractivity contribution in [1.29, 1.82) is 0 Å². The van der Waals surface area contributed by atoms with Crippen LogP contribution in [0.3, 0.4) is 0 Å². The van der Waals surface area contributed by atoms with Gasteiger partial charge in [0.1, 0.15) is 29.2 Å². The number of anilines is 2. The molecule has 9 rings (SSSR count). The summed E-state index contributed by atoms with van der Waals surface area (Å²) < 4.78 is 29.7. The van der Waals surface area contributed by atoms with Gasteiger partial charge in [0.25, 0.3) is 11.8 Å². The Morgan fingerprint density at radius 1 is 0.955 bits per heavy atom. The zero-order valence-corrected chi connectivity index (χ0v) is 37.0. The number of nitrogens with one attached hydrogen (secondary N) is 2. The number of likely N-dealkylation sites (tertiary alicyclic amines) is 1. The zero-order valence-electron chi connectivity index (χ0n) is 36.2. The quantitative estimate of drug-likeness (QED) is 0.0760. The van der Waals surface area contributed by atoms with E-state index in [0.29, 0.717) is 73.7 Å². The normalized spacial score (nSPS) is 18.8. The number of piperazine rings is 1. The number of amides is 5. The van der Waals surface area contributed by atoms with Crippen molar-refractivity contribution >= 4 is 74.3 Å². The van der Waals surface area contributed by atoms with Gasteiger partial charge < -0.3 is 29.7 Å². The lowest BCUT2D eigenvalue weighted by molar-refractivity contribution is -0.136. The molecule has 342 valence electrons. The van der Waals surface area contributed by atoms with Crippen LogP contribution < -0.4 is 20.3 Å². The van der Waals surface area contributed by atoms with Crippen LogP contribution in [0.25, 0.3) is 32.8 Å². The summed E-state index contributed by atoms with van der Waals surface area (Å²) in [6.45, 7) is 9.91. The van der Waals surface area contributed by atoms with E-state index in [4.69, 9.17) is 26.1 Å². The number of benzene rings is 4. The van der Waals surface area contributed by atoms with Crippen molar-refractivity contribution in [3.05, 3.63) is 95.3 Å². The topological polar surface area (TPSA) is 187 Å². The van der Waals surface area contributed by atoms with Crippen LogP contribution in [0.4, 0.5) is 15.9 Å². The van der Waals surface area contributed by atoms with Gasteiger partial charge in [0.15, 0.2) is 5.82 Å². The fraction of sp³-hybridized carbons (Fsp3) is 0.354. The Bertz CT molecular complexity index is 2790. The van der Waals surface area contributed by atoms with E-state index in [2.05, 4.69) is 27.1 Å². The van der Waals surface area contributed by atoms with Crippen molar-refractivity contribution in [3.8, 4) is 22.9 Å². The first-order chi connectivity index (χ1) is 31.9. The Balaban J connectivity index is 0.843. The minimum atomic E-state index is -1.04. The number of aromatic hydroxyl groups is 1. The van der Waals surface area contributed by atoms with E-state index < -0.39 is 41.6 Å². The van der Waals surface area contributed by atoms with E-state index in [1.807, 2.05) is 36.1 Å². The zero-order chi connectivity index (χ0) is 46.2. The van der Waals surface area contributed by atoms with Crippen LogP contribution in [-0.2, 0) is 19.1 Å². The number of carbonyl (C=O) groups excluding carboxylic acids is 5. The van der Waals surface area contributed by atoms with E-state index in [0.717, 1.165) is 36.2 Å². The van der Waals surface area contributed by atoms with Gasteiger partial charge in [0.05, 0.1) is 28.9 Å². The molecule has 66 heavy (non-hydrogen) atoms. The first-order valence-electron chi connectivity index (χ1n) is 22.1. The maximum Gasteiger partial charge on any atom is 0.319 e. The molecule has 0 saturated carbocycles. The van der Waals surface area contributed by atoms with Gasteiger partial charge in [0.2, 0.25) is 17.7 Å². The van der Waals surface area contributed by atoms with E-state index in [1.54, 1.807) is 35.2 Å². The summed E-state index contributed by atoms with van der Waals surface area (Å²) in [7, 11) is 0. The number of aromatic nitrogens is 2.